The molecule has 1 rings (SSSR count). The molecule has 0 saturated carbocycles. The number of likely N-dealkylation sites (tertiary alicyclic amines) is 1. The van der Waals surface area contributed by atoms with Gasteiger partial charge in [0.25, 0.3) is 0 Å². The number of hydrogen-bond acceptors (Lipinski definition) is 3. The van der Waals surface area contributed by atoms with E-state index in [0.717, 1.165) is 6.04 Å². The molecule has 4 nitrogen and oxygen atoms in total. The van der Waals surface area contributed by atoms with Gasteiger partial charge in [0.15, 0.2) is 10.1 Å². The Morgan fingerprint density at radius 3 is 2.17 bits per heavy atom. The monoisotopic (exact) mass is 291 g/mol. The smallest absolute Gasteiger partial charge is 0.485 e. The largest absolute Gasteiger partial charge is 0.741 e. The molecule has 1 saturated heterocycles. The van der Waals surface area contributed by atoms with Crippen LogP contribution in [0.1, 0.15) is 39.5 Å². The zero-order valence-electron chi connectivity index (χ0n) is 10.6. The topological polar surface area (TPSA) is 61.6 Å². The Balaban J connectivity index is 0.000000331. The fraction of sp³-hybridized carbons (Fsp3) is 1.00. The van der Waals surface area contributed by atoms with Gasteiger partial charge in [-0.1, -0.05) is 6.92 Å². The fourth-order valence-corrected chi connectivity index (χ4v) is 1.95. The zero-order chi connectivity index (χ0) is 14.4. The third kappa shape index (κ3) is 6.55. The van der Waals surface area contributed by atoms with Crippen molar-refractivity contribution in [1.82, 2.24) is 0 Å². The van der Waals surface area contributed by atoms with Crippen molar-refractivity contribution in [3.63, 3.8) is 0 Å². The van der Waals surface area contributed by atoms with Crippen LogP contribution in [0.5, 0.6) is 0 Å². The maximum Gasteiger partial charge on any atom is 0.485 e. The lowest BCUT2D eigenvalue weighted by Crippen LogP contribution is -3.16. The van der Waals surface area contributed by atoms with Gasteiger partial charge in [0.1, 0.15) is 0 Å². The van der Waals surface area contributed by atoms with Gasteiger partial charge in [-0.3, -0.25) is 0 Å². The Morgan fingerprint density at radius 1 is 1.33 bits per heavy atom. The van der Waals surface area contributed by atoms with Gasteiger partial charge in [-0.2, -0.15) is 13.2 Å². The SMILES string of the molecule is CCC[NH+]1CCCCC1C.O=S(=O)([O-])C(F)(F)F. The molecule has 0 aromatic rings. The van der Waals surface area contributed by atoms with Crippen LogP contribution in [0.2, 0.25) is 0 Å². The highest BCUT2D eigenvalue weighted by molar-refractivity contribution is 7.86. The lowest BCUT2D eigenvalue weighted by atomic mass is 10.0. The normalized spacial score (nSPS) is 25.2. The van der Waals surface area contributed by atoms with E-state index in [1.54, 1.807) is 0 Å². The van der Waals surface area contributed by atoms with Gasteiger partial charge in [-0.25, -0.2) is 8.42 Å². The Labute approximate surface area is 106 Å². The van der Waals surface area contributed by atoms with Crippen LogP contribution in [0.25, 0.3) is 0 Å². The van der Waals surface area contributed by atoms with Crippen LogP contribution in [-0.2, 0) is 10.1 Å². The highest BCUT2D eigenvalue weighted by Crippen LogP contribution is 2.20. The molecule has 2 atom stereocenters. The van der Waals surface area contributed by atoms with Gasteiger partial charge in [0.05, 0.1) is 19.1 Å². The second-order valence-electron chi connectivity index (χ2n) is 4.45. The van der Waals surface area contributed by atoms with Gasteiger partial charge >= 0.3 is 5.51 Å². The molecule has 0 bridgehead atoms. The van der Waals surface area contributed by atoms with Crippen LogP contribution in [0.4, 0.5) is 13.2 Å². The van der Waals surface area contributed by atoms with Gasteiger partial charge in [0, 0.05) is 0 Å². The number of halogens is 3. The van der Waals surface area contributed by atoms with Crippen molar-refractivity contribution in [3.8, 4) is 0 Å². The predicted molar refractivity (Wildman–Crippen MR) is 60.1 cm³/mol. The van der Waals surface area contributed by atoms with Crippen molar-refractivity contribution in [2.75, 3.05) is 13.1 Å². The van der Waals surface area contributed by atoms with Crippen LogP contribution in [0.3, 0.4) is 0 Å². The standard InChI is InChI=1S/C9H19N.CHF3O3S/c1-3-7-10-8-5-4-6-9(10)2;2-1(3,4)8(5,6)7/h9H,3-8H2,1-2H3;(H,5,6,7). The van der Waals surface area contributed by atoms with E-state index in [4.69, 9.17) is 13.0 Å². The summed E-state index contributed by atoms with van der Waals surface area (Å²) in [7, 11) is -6.09. The molecule has 0 aromatic carbocycles. The van der Waals surface area contributed by atoms with Crippen molar-refractivity contribution in [2.24, 2.45) is 0 Å². The number of nitrogens with one attached hydrogen (secondary N) is 1. The van der Waals surface area contributed by atoms with E-state index < -0.39 is 15.6 Å². The summed E-state index contributed by atoms with van der Waals surface area (Å²) in [5, 5.41) is 0. The van der Waals surface area contributed by atoms with Gasteiger partial charge in [-0.05, 0) is 32.6 Å². The summed E-state index contributed by atoms with van der Waals surface area (Å²) in [5.41, 5.74) is -5.65. The molecule has 1 aliphatic rings. The van der Waals surface area contributed by atoms with E-state index in [9.17, 15) is 13.2 Å². The number of quaternary nitrogens is 1. The summed E-state index contributed by atoms with van der Waals surface area (Å²) in [6, 6.07) is 0.939. The van der Waals surface area contributed by atoms with E-state index in [1.807, 2.05) is 4.90 Å². The van der Waals surface area contributed by atoms with E-state index >= 15 is 0 Å². The highest BCUT2D eigenvalue weighted by Gasteiger charge is 2.36. The molecule has 2 unspecified atom stereocenters. The molecule has 0 radical (unpaired) electrons. The van der Waals surface area contributed by atoms with E-state index in [1.165, 1.54) is 38.8 Å². The predicted octanol–water partition coefficient (Wildman–Crippen LogP) is 0.905. The lowest BCUT2D eigenvalue weighted by molar-refractivity contribution is -0.928. The van der Waals surface area contributed by atoms with Gasteiger partial charge in [0.2, 0.25) is 0 Å². The summed E-state index contributed by atoms with van der Waals surface area (Å²) >= 11 is 0. The molecular formula is C10H20F3NO3S. The second kappa shape index (κ2) is 7.30. The first kappa shape index (κ1) is 17.7. The van der Waals surface area contributed by atoms with Crippen LogP contribution >= 0.6 is 0 Å². The van der Waals surface area contributed by atoms with E-state index in [-0.39, 0.29) is 0 Å². The Morgan fingerprint density at radius 2 is 1.83 bits per heavy atom. The highest BCUT2D eigenvalue weighted by atomic mass is 32.2. The molecule has 110 valence electrons. The third-order valence-electron chi connectivity index (χ3n) is 2.94. The third-order valence-corrected chi connectivity index (χ3v) is 3.50. The number of hydrogen-bond donors (Lipinski definition) is 1. The Kier molecular flexibility index (Phi) is 7.16. The molecule has 8 heteroatoms. The first-order valence-electron chi connectivity index (χ1n) is 5.96. The van der Waals surface area contributed by atoms with Crippen molar-refractivity contribution < 1.29 is 31.0 Å². The molecule has 1 fully saturated rings. The van der Waals surface area contributed by atoms with Crippen LogP contribution in [-0.4, -0.2) is 37.6 Å². The Hall–Kier alpha value is -0.340. The number of piperidine rings is 1. The zero-order valence-corrected chi connectivity index (χ0v) is 11.4. The average Bonchev–Trinajstić information content (AvgIpc) is 2.20. The van der Waals surface area contributed by atoms with Crippen molar-refractivity contribution in [3.05, 3.63) is 0 Å². The van der Waals surface area contributed by atoms with Crippen LogP contribution in [0.15, 0.2) is 0 Å². The quantitative estimate of drug-likeness (QED) is 0.607. The number of rotatable bonds is 2. The van der Waals surface area contributed by atoms with Gasteiger partial charge in [-0.15, -0.1) is 0 Å². The van der Waals surface area contributed by atoms with E-state index in [0.29, 0.717) is 0 Å². The molecule has 1 heterocycles. The summed E-state index contributed by atoms with van der Waals surface area (Å²) in [4.78, 5) is 1.84. The van der Waals surface area contributed by atoms with Gasteiger partial charge < -0.3 is 9.45 Å². The fourth-order valence-electron chi connectivity index (χ4n) is 1.95. The Bertz CT molecular complexity index is 328. The maximum atomic E-state index is 10.7. The van der Waals surface area contributed by atoms with Crippen LogP contribution in [0, 0.1) is 0 Å². The van der Waals surface area contributed by atoms with Crippen molar-refractivity contribution >= 4 is 10.1 Å². The minimum absolute atomic E-state index is 0.939. The minimum atomic E-state index is -6.09. The second-order valence-corrected chi connectivity index (χ2v) is 5.83. The molecule has 0 spiro atoms. The van der Waals surface area contributed by atoms with Crippen molar-refractivity contribution in [1.29, 1.82) is 0 Å². The molecule has 0 aliphatic carbocycles. The maximum absolute atomic E-state index is 10.7. The van der Waals surface area contributed by atoms with Crippen molar-refractivity contribution in [2.45, 2.75) is 51.1 Å². The van der Waals surface area contributed by atoms with Crippen LogP contribution < -0.4 is 4.90 Å². The molecule has 0 aromatic heterocycles. The minimum Gasteiger partial charge on any atom is -0.741 e. The number of alkyl halides is 3. The lowest BCUT2D eigenvalue weighted by Gasteiger charge is -2.29. The summed E-state index contributed by atoms with van der Waals surface area (Å²) in [6.45, 7) is 7.49. The molecule has 1 N–H and O–H groups in total. The average molecular weight is 291 g/mol. The molecule has 18 heavy (non-hydrogen) atoms. The molecule has 1 aliphatic heterocycles. The first-order chi connectivity index (χ1) is 8.09. The molecule has 0 amide bonds. The summed E-state index contributed by atoms with van der Waals surface area (Å²) in [6.07, 6.45) is 5.73. The van der Waals surface area contributed by atoms with E-state index in [2.05, 4.69) is 13.8 Å². The summed E-state index contributed by atoms with van der Waals surface area (Å²) < 4.78 is 58.9. The molecular weight excluding hydrogens is 271 g/mol. The summed E-state index contributed by atoms with van der Waals surface area (Å²) in [5.74, 6) is 0. The first-order valence-corrected chi connectivity index (χ1v) is 7.37.